The van der Waals surface area contributed by atoms with Crippen molar-refractivity contribution in [3.8, 4) is 0 Å². The zero-order chi connectivity index (χ0) is 14.4. The Bertz CT molecular complexity index is 441. The molecular formula is C8H9N3O8. The predicted octanol–water partition coefficient (Wildman–Crippen LogP) is -2.57. The highest BCUT2D eigenvalue weighted by Crippen LogP contribution is 2.08. The summed E-state index contributed by atoms with van der Waals surface area (Å²) in [6.45, 7) is 0. The van der Waals surface area contributed by atoms with Gasteiger partial charge in [0.25, 0.3) is 0 Å². The summed E-state index contributed by atoms with van der Waals surface area (Å²) in [5, 5.41) is 0. The molecule has 0 saturated carbocycles. The number of aliphatic imine (C=N–C) groups is 1. The Balaban J connectivity index is 2.84. The van der Waals surface area contributed by atoms with Crippen molar-refractivity contribution in [3.05, 3.63) is 0 Å². The van der Waals surface area contributed by atoms with Crippen LogP contribution in [0.1, 0.15) is 12.8 Å². The number of nitrogens with two attached hydrogens (primary N) is 2. The molecule has 0 spiro atoms. The van der Waals surface area contributed by atoms with Crippen molar-refractivity contribution in [2.24, 2.45) is 16.5 Å². The first-order valence-electron chi connectivity index (χ1n) is 4.83. The van der Waals surface area contributed by atoms with Crippen LogP contribution in [0.3, 0.4) is 0 Å². The summed E-state index contributed by atoms with van der Waals surface area (Å²) in [6.07, 6.45) is -0.567. The second kappa shape index (κ2) is 6.18. The van der Waals surface area contributed by atoms with E-state index in [1.165, 1.54) is 0 Å². The molecule has 19 heavy (non-hydrogen) atoms. The lowest BCUT2D eigenvalue weighted by molar-refractivity contribution is -0.277. The van der Waals surface area contributed by atoms with Crippen LogP contribution < -0.4 is 11.5 Å². The van der Waals surface area contributed by atoms with E-state index in [4.69, 9.17) is 11.5 Å². The molecule has 1 aliphatic rings. The summed E-state index contributed by atoms with van der Waals surface area (Å²) in [7, 11) is 0. The fraction of sp³-hybridized carbons (Fsp3) is 0.375. The Morgan fingerprint density at radius 2 is 1.58 bits per heavy atom. The minimum atomic E-state index is -1.69. The monoisotopic (exact) mass is 275 g/mol. The minimum absolute atomic E-state index is 0.204. The van der Waals surface area contributed by atoms with E-state index in [1.54, 1.807) is 0 Å². The molecule has 104 valence electrons. The van der Waals surface area contributed by atoms with E-state index in [-0.39, 0.29) is 12.8 Å². The largest absolute Gasteiger partial charge is 0.467 e. The SMILES string of the molecule is NC(N)=N[C@@H]1CCC(=O)OOC(=O)C(=O)OOC1=O. The molecule has 1 aliphatic heterocycles. The zero-order valence-electron chi connectivity index (χ0n) is 9.36. The van der Waals surface area contributed by atoms with Crippen LogP contribution in [0.15, 0.2) is 4.99 Å². The first-order chi connectivity index (χ1) is 8.90. The van der Waals surface area contributed by atoms with Gasteiger partial charge in [0.05, 0.1) is 6.42 Å². The molecule has 4 N–H and O–H groups in total. The highest BCUT2D eigenvalue weighted by atomic mass is 17.2. The molecule has 1 saturated heterocycles. The molecule has 0 amide bonds. The molecule has 11 heteroatoms. The van der Waals surface area contributed by atoms with Crippen molar-refractivity contribution >= 4 is 29.8 Å². The van der Waals surface area contributed by atoms with E-state index < -0.39 is 35.9 Å². The summed E-state index contributed by atoms with van der Waals surface area (Å²) in [5.74, 6) is -5.97. The first kappa shape index (κ1) is 14.2. The molecule has 0 aromatic rings. The van der Waals surface area contributed by atoms with Crippen LogP contribution >= 0.6 is 0 Å². The van der Waals surface area contributed by atoms with Crippen LogP contribution in [0.4, 0.5) is 0 Å². The van der Waals surface area contributed by atoms with Crippen LogP contribution in [0.5, 0.6) is 0 Å². The molecule has 1 rings (SSSR count). The molecule has 1 fully saturated rings. The van der Waals surface area contributed by atoms with E-state index in [0.29, 0.717) is 0 Å². The van der Waals surface area contributed by atoms with Crippen molar-refractivity contribution in [3.63, 3.8) is 0 Å². The molecule has 0 aliphatic carbocycles. The molecule has 1 atom stereocenters. The van der Waals surface area contributed by atoms with Gasteiger partial charge in [-0.3, -0.25) is 0 Å². The van der Waals surface area contributed by atoms with Gasteiger partial charge in [0.2, 0.25) is 0 Å². The minimum Gasteiger partial charge on any atom is -0.370 e. The Hall–Kier alpha value is -2.85. The molecule has 0 radical (unpaired) electrons. The van der Waals surface area contributed by atoms with Crippen molar-refractivity contribution in [1.29, 1.82) is 0 Å². The van der Waals surface area contributed by atoms with E-state index in [1.807, 2.05) is 0 Å². The lowest BCUT2D eigenvalue weighted by Gasteiger charge is -2.08. The van der Waals surface area contributed by atoms with Crippen LogP contribution in [0, 0.1) is 0 Å². The second-order valence-electron chi connectivity index (χ2n) is 3.21. The second-order valence-corrected chi connectivity index (χ2v) is 3.21. The van der Waals surface area contributed by atoms with Gasteiger partial charge < -0.3 is 11.5 Å². The van der Waals surface area contributed by atoms with Gasteiger partial charge in [-0.05, 0) is 6.42 Å². The van der Waals surface area contributed by atoms with E-state index in [2.05, 4.69) is 24.5 Å². The number of guanidine groups is 1. The fourth-order valence-electron chi connectivity index (χ4n) is 0.998. The summed E-state index contributed by atoms with van der Waals surface area (Å²) < 4.78 is 0. The van der Waals surface area contributed by atoms with E-state index in [9.17, 15) is 19.2 Å². The maximum absolute atomic E-state index is 11.4. The molecule has 0 bridgehead atoms. The van der Waals surface area contributed by atoms with Crippen molar-refractivity contribution < 1.29 is 38.7 Å². The lowest BCUT2D eigenvalue weighted by atomic mass is 10.2. The highest BCUT2D eigenvalue weighted by molar-refractivity contribution is 6.29. The third kappa shape index (κ3) is 4.49. The summed E-state index contributed by atoms with van der Waals surface area (Å²) in [5.41, 5.74) is 10.2. The van der Waals surface area contributed by atoms with Crippen LogP contribution in [0.2, 0.25) is 0 Å². The Labute approximate surface area is 105 Å². The smallest absolute Gasteiger partial charge is 0.370 e. The number of carbonyl (C=O) groups is 4. The van der Waals surface area contributed by atoms with E-state index in [0.717, 1.165) is 0 Å². The summed E-state index contributed by atoms with van der Waals surface area (Å²) in [6, 6.07) is -1.29. The highest BCUT2D eigenvalue weighted by Gasteiger charge is 2.29. The molecule has 0 aromatic heterocycles. The molecular weight excluding hydrogens is 266 g/mol. The normalized spacial score (nSPS) is 21.2. The van der Waals surface area contributed by atoms with E-state index >= 15 is 0 Å². The van der Waals surface area contributed by atoms with Gasteiger partial charge in [0.1, 0.15) is 0 Å². The third-order valence-corrected chi connectivity index (χ3v) is 1.78. The van der Waals surface area contributed by atoms with Gasteiger partial charge in [-0.15, -0.1) is 0 Å². The summed E-state index contributed by atoms with van der Waals surface area (Å²) >= 11 is 0. The topological polar surface area (TPSA) is 170 Å². The molecule has 11 nitrogen and oxygen atoms in total. The first-order valence-corrected chi connectivity index (χ1v) is 4.83. The zero-order valence-corrected chi connectivity index (χ0v) is 9.36. The van der Waals surface area contributed by atoms with Crippen LogP contribution in [0.25, 0.3) is 0 Å². The summed E-state index contributed by atoms with van der Waals surface area (Å²) in [4.78, 5) is 63.3. The van der Waals surface area contributed by atoms with Crippen molar-refractivity contribution in [2.75, 3.05) is 0 Å². The number of hydrogen-bond donors (Lipinski definition) is 2. The fourth-order valence-corrected chi connectivity index (χ4v) is 0.998. The number of rotatable bonds is 1. The molecule has 1 heterocycles. The average molecular weight is 275 g/mol. The average Bonchev–Trinajstić information content (AvgIpc) is 2.37. The molecule has 0 unspecified atom stereocenters. The Kier molecular flexibility index (Phi) is 4.62. The quantitative estimate of drug-likeness (QED) is 0.224. The number of carbonyl (C=O) groups excluding carboxylic acids is 4. The van der Waals surface area contributed by atoms with Gasteiger partial charge >= 0.3 is 23.9 Å². The number of hydrogen-bond acceptors (Lipinski definition) is 9. The maximum Gasteiger partial charge on any atom is 0.467 e. The van der Waals surface area contributed by atoms with Crippen molar-refractivity contribution in [1.82, 2.24) is 0 Å². The van der Waals surface area contributed by atoms with Gasteiger partial charge in [-0.25, -0.2) is 43.7 Å². The Morgan fingerprint density at radius 1 is 1.00 bits per heavy atom. The maximum atomic E-state index is 11.4. The Morgan fingerprint density at radius 3 is 2.16 bits per heavy atom. The van der Waals surface area contributed by atoms with Crippen molar-refractivity contribution in [2.45, 2.75) is 18.9 Å². The molecule has 0 aromatic carbocycles. The van der Waals surface area contributed by atoms with Gasteiger partial charge in [0, 0.05) is 0 Å². The van der Waals surface area contributed by atoms with Crippen LogP contribution in [-0.4, -0.2) is 35.9 Å². The van der Waals surface area contributed by atoms with Gasteiger partial charge in [-0.1, -0.05) is 0 Å². The van der Waals surface area contributed by atoms with Gasteiger partial charge in [0.15, 0.2) is 12.0 Å². The van der Waals surface area contributed by atoms with Crippen LogP contribution in [-0.2, 0) is 38.7 Å². The standard InChI is InChI=1S/C8H9N3O8/c9-8(10)11-3-1-2-4(12)16-18-6(14)7(15)19-17-5(3)13/h3H,1-2H2,(H4,9,10,11)/t3-/m1/s1. The third-order valence-electron chi connectivity index (χ3n) is 1.78. The number of nitrogens with zero attached hydrogens (tertiary/aromatic N) is 1. The van der Waals surface area contributed by atoms with Gasteiger partial charge in [-0.2, -0.15) is 0 Å². The predicted molar refractivity (Wildman–Crippen MR) is 53.2 cm³/mol. The lowest BCUT2D eigenvalue weighted by Crippen LogP contribution is -2.31.